The average Bonchev–Trinajstić information content (AvgIpc) is 2.86. The van der Waals surface area contributed by atoms with Crippen LogP contribution in [-0.2, 0) is 22.7 Å². The van der Waals surface area contributed by atoms with Crippen molar-refractivity contribution in [2.45, 2.75) is 44.9 Å². The summed E-state index contributed by atoms with van der Waals surface area (Å²) < 4.78 is 31.7. The number of carbonyl (C=O) groups is 1. The molecule has 1 fully saturated rings. The zero-order valence-corrected chi connectivity index (χ0v) is 12.7. The van der Waals surface area contributed by atoms with Crippen LogP contribution in [0.1, 0.15) is 30.9 Å². The largest absolute Gasteiger partial charge is 0.377 e. The quantitative estimate of drug-likeness (QED) is 0.759. The summed E-state index contributed by atoms with van der Waals surface area (Å²) in [5.41, 5.74) is 1.94. The van der Waals surface area contributed by atoms with E-state index < -0.39 is 24.9 Å². The lowest BCUT2D eigenvalue weighted by Crippen LogP contribution is -2.40. The third-order valence-electron chi connectivity index (χ3n) is 3.60. The zero-order valence-electron chi connectivity index (χ0n) is 12.7. The predicted octanol–water partition coefficient (Wildman–Crippen LogP) is 2.23. The molecule has 2 rings (SSSR count). The Hall–Kier alpha value is -1.53. The van der Waals surface area contributed by atoms with Gasteiger partial charge in [0.15, 0.2) is 0 Å². The van der Waals surface area contributed by atoms with Crippen molar-refractivity contribution in [3.8, 4) is 0 Å². The van der Waals surface area contributed by atoms with Gasteiger partial charge < -0.3 is 10.1 Å². The summed E-state index contributed by atoms with van der Waals surface area (Å²) in [4.78, 5) is 11.9. The number of nitrogens with one attached hydrogen (secondary N) is 2. The highest BCUT2D eigenvalue weighted by molar-refractivity contribution is 5.82. The van der Waals surface area contributed by atoms with Gasteiger partial charge in [-0.05, 0) is 17.5 Å². The van der Waals surface area contributed by atoms with E-state index in [1.54, 1.807) is 0 Å². The van der Waals surface area contributed by atoms with Crippen LogP contribution >= 0.6 is 0 Å². The smallest absolute Gasteiger partial charge is 0.262 e. The molecule has 1 amide bonds. The lowest BCUT2D eigenvalue weighted by Gasteiger charge is -2.14. The van der Waals surface area contributed by atoms with E-state index in [9.17, 15) is 13.6 Å². The molecule has 1 atom stereocenters. The molecule has 122 valence electrons. The number of ether oxygens (including phenoxy) is 1. The van der Waals surface area contributed by atoms with Gasteiger partial charge in [-0.3, -0.25) is 10.1 Å². The van der Waals surface area contributed by atoms with Gasteiger partial charge in [0.1, 0.15) is 0 Å². The van der Waals surface area contributed by atoms with Crippen LogP contribution < -0.4 is 10.6 Å². The molecular formula is C16H22F2N2O2. The van der Waals surface area contributed by atoms with Gasteiger partial charge in [0.2, 0.25) is 5.91 Å². The Morgan fingerprint density at radius 1 is 1.41 bits per heavy atom. The molecule has 1 unspecified atom stereocenters. The van der Waals surface area contributed by atoms with Crippen LogP contribution in [0.4, 0.5) is 8.78 Å². The molecule has 0 bridgehead atoms. The van der Waals surface area contributed by atoms with Crippen molar-refractivity contribution < 1.29 is 18.3 Å². The standard InChI is InChI=1S/C16H22F2N2O2/c1-2-7-22-10-13-6-4-3-5-12(13)9-19-15(21)14-8-16(17,18)11-20-14/h3-6,14,20H,2,7-11H2,1H3,(H,19,21). The van der Waals surface area contributed by atoms with Gasteiger partial charge in [0, 0.05) is 19.6 Å². The van der Waals surface area contributed by atoms with Crippen LogP contribution in [0, 0.1) is 0 Å². The highest BCUT2D eigenvalue weighted by Gasteiger charge is 2.42. The van der Waals surface area contributed by atoms with Gasteiger partial charge in [0.25, 0.3) is 5.92 Å². The summed E-state index contributed by atoms with van der Waals surface area (Å²) in [5.74, 6) is -3.19. The minimum atomic E-state index is -2.80. The first-order valence-corrected chi connectivity index (χ1v) is 7.55. The Balaban J connectivity index is 1.87. The number of rotatable bonds is 7. The molecule has 22 heavy (non-hydrogen) atoms. The lowest BCUT2D eigenvalue weighted by molar-refractivity contribution is -0.123. The molecule has 0 spiro atoms. The van der Waals surface area contributed by atoms with Crippen LogP contribution in [0.2, 0.25) is 0 Å². The van der Waals surface area contributed by atoms with Gasteiger partial charge >= 0.3 is 0 Å². The SMILES string of the molecule is CCCOCc1ccccc1CNC(=O)C1CC(F)(F)CN1. The van der Waals surface area contributed by atoms with Crippen molar-refractivity contribution >= 4 is 5.91 Å². The first-order chi connectivity index (χ1) is 10.5. The first kappa shape index (κ1) is 16.8. The fourth-order valence-corrected chi connectivity index (χ4v) is 2.40. The predicted molar refractivity (Wildman–Crippen MR) is 79.6 cm³/mol. The molecule has 1 aromatic carbocycles. The number of halogens is 2. The molecule has 0 radical (unpaired) electrons. The van der Waals surface area contributed by atoms with Crippen LogP contribution in [0.25, 0.3) is 0 Å². The molecule has 1 heterocycles. The molecular weight excluding hydrogens is 290 g/mol. The first-order valence-electron chi connectivity index (χ1n) is 7.55. The van der Waals surface area contributed by atoms with Gasteiger partial charge in [-0.1, -0.05) is 31.2 Å². The maximum absolute atomic E-state index is 13.1. The Labute approximate surface area is 129 Å². The van der Waals surface area contributed by atoms with Gasteiger partial charge in [-0.2, -0.15) is 0 Å². The summed E-state index contributed by atoms with van der Waals surface area (Å²) in [6.45, 7) is 3.08. The normalized spacial score (nSPS) is 20.0. The van der Waals surface area contributed by atoms with Gasteiger partial charge in [-0.25, -0.2) is 8.78 Å². The van der Waals surface area contributed by atoms with E-state index in [1.165, 1.54) is 0 Å². The molecule has 0 aromatic heterocycles. The Bertz CT molecular complexity index is 509. The van der Waals surface area contributed by atoms with Crippen LogP contribution in [0.15, 0.2) is 24.3 Å². The van der Waals surface area contributed by atoms with E-state index in [0.717, 1.165) is 17.5 Å². The topological polar surface area (TPSA) is 50.4 Å². The summed E-state index contributed by atoms with van der Waals surface area (Å²) in [6.07, 6.45) is 0.501. The van der Waals surface area contributed by atoms with Crippen molar-refractivity contribution in [2.75, 3.05) is 13.2 Å². The third-order valence-corrected chi connectivity index (χ3v) is 3.60. The van der Waals surface area contributed by atoms with Crippen LogP contribution in [0.3, 0.4) is 0 Å². The molecule has 2 N–H and O–H groups in total. The van der Waals surface area contributed by atoms with Crippen molar-refractivity contribution in [3.63, 3.8) is 0 Å². The fourth-order valence-electron chi connectivity index (χ4n) is 2.40. The second-order valence-corrected chi connectivity index (χ2v) is 5.53. The molecule has 1 aromatic rings. The highest BCUT2D eigenvalue weighted by atomic mass is 19.3. The van der Waals surface area contributed by atoms with Crippen molar-refractivity contribution in [2.24, 2.45) is 0 Å². The van der Waals surface area contributed by atoms with E-state index in [4.69, 9.17) is 4.74 Å². The highest BCUT2D eigenvalue weighted by Crippen LogP contribution is 2.25. The lowest BCUT2D eigenvalue weighted by atomic mass is 10.1. The maximum Gasteiger partial charge on any atom is 0.262 e. The van der Waals surface area contributed by atoms with E-state index in [2.05, 4.69) is 10.6 Å². The van der Waals surface area contributed by atoms with Crippen LogP contribution in [0.5, 0.6) is 0 Å². The molecule has 0 aliphatic carbocycles. The summed E-state index contributed by atoms with van der Waals surface area (Å²) in [6, 6.07) is 6.82. The maximum atomic E-state index is 13.1. The van der Waals surface area contributed by atoms with E-state index in [0.29, 0.717) is 19.8 Å². The number of amides is 1. The molecule has 1 saturated heterocycles. The van der Waals surface area contributed by atoms with Crippen molar-refractivity contribution in [3.05, 3.63) is 35.4 Å². The number of carbonyl (C=O) groups excluding carboxylic acids is 1. The molecule has 1 aliphatic rings. The molecule has 1 aliphatic heterocycles. The minimum Gasteiger partial charge on any atom is -0.377 e. The Morgan fingerprint density at radius 3 is 2.77 bits per heavy atom. The van der Waals surface area contributed by atoms with E-state index in [-0.39, 0.29) is 5.91 Å². The fraction of sp³-hybridized carbons (Fsp3) is 0.562. The van der Waals surface area contributed by atoms with Gasteiger partial charge in [0.05, 0.1) is 19.2 Å². The summed E-state index contributed by atoms with van der Waals surface area (Å²) in [7, 11) is 0. The minimum absolute atomic E-state index is 0.314. The summed E-state index contributed by atoms with van der Waals surface area (Å²) >= 11 is 0. The Morgan fingerprint density at radius 2 is 2.14 bits per heavy atom. The molecule has 4 nitrogen and oxygen atoms in total. The average molecular weight is 312 g/mol. The van der Waals surface area contributed by atoms with Crippen molar-refractivity contribution in [1.82, 2.24) is 10.6 Å². The number of benzene rings is 1. The number of hydrogen-bond donors (Lipinski definition) is 2. The van der Waals surface area contributed by atoms with Crippen LogP contribution in [-0.4, -0.2) is 31.0 Å². The van der Waals surface area contributed by atoms with Gasteiger partial charge in [-0.15, -0.1) is 0 Å². The zero-order chi connectivity index (χ0) is 16.0. The molecule has 6 heteroatoms. The Kier molecular flexibility index (Phi) is 5.85. The van der Waals surface area contributed by atoms with E-state index in [1.807, 2.05) is 31.2 Å². The van der Waals surface area contributed by atoms with E-state index >= 15 is 0 Å². The second-order valence-electron chi connectivity index (χ2n) is 5.53. The summed E-state index contributed by atoms with van der Waals surface area (Å²) in [5, 5.41) is 5.27. The second kappa shape index (κ2) is 7.65. The monoisotopic (exact) mass is 312 g/mol. The molecule has 0 saturated carbocycles. The van der Waals surface area contributed by atoms with Crippen molar-refractivity contribution in [1.29, 1.82) is 0 Å². The number of hydrogen-bond acceptors (Lipinski definition) is 3. The number of alkyl halides is 2. The third kappa shape index (κ3) is 4.74.